The van der Waals surface area contributed by atoms with Gasteiger partial charge in [-0.3, -0.25) is 0 Å². The molecule has 0 fully saturated rings. The maximum Gasteiger partial charge on any atom is 0.181 e. The van der Waals surface area contributed by atoms with Crippen molar-refractivity contribution in [3.8, 4) is 11.4 Å². The van der Waals surface area contributed by atoms with Gasteiger partial charge in [-0.25, -0.2) is 9.97 Å². The van der Waals surface area contributed by atoms with Crippen LogP contribution in [0.2, 0.25) is 0 Å². The molecule has 66 valence electrons. The van der Waals surface area contributed by atoms with Gasteiger partial charge in [0.25, 0.3) is 0 Å². The molecule has 1 aliphatic heterocycles. The van der Waals surface area contributed by atoms with E-state index in [9.17, 15) is 0 Å². The summed E-state index contributed by atoms with van der Waals surface area (Å²) < 4.78 is 7.45. The first-order valence-electron chi connectivity index (χ1n) is 4.18. The summed E-state index contributed by atoms with van der Waals surface area (Å²) in [6.45, 7) is 4.18. The number of imidazole rings is 1. The molecule has 1 aliphatic rings. The van der Waals surface area contributed by atoms with Crippen LogP contribution in [0.1, 0.15) is 19.6 Å². The second kappa shape index (κ2) is 1.84. The number of nitrogens with zero attached hydrogens (tertiary/aromatic N) is 3. The lowest BCUT2D eigenvalue weighted by Gasteiger charge is -2.19. The van der Waals surface area contributed by atoms with Crippen LogP contribution in [0.3, 0.4) is 0 Å². The Bertz CT molecular complexity index is 424. The van der Waals surface area contributed by atoms with Crippen LogP contribution in [0.25, 0.3) is 11.4 Å². The summed E-state index contributed by atoms with van der Waals surface area (Å²) in [7, 11) is 0. The fraction of sp³-hybridized carbons (Fsp3) is 0.333. The third kappa shape index (κ3) is 0.624. The van der Waals surface area contributed by atoms with E-state index < -0.39 is 0 Å². The molecule has 0 spiro atoms. The molecule has 4 heteroatoms. The summed E-state index contributed by atoms with van der Waals surface area (Å²) in [5.41, 5.74) is 1.80. The molecule has 0 N–H and O–H groups in total. The van der Waals surface area contributed by atoms with Gasteiger partial charge in [-0.1, -0.05) is 0 Å². The molecule has 2 aromatic rings. The zero-order valence-corrected chi connectivity index (χ0v) is 7.48. The topological polar surface area (TPSA) is 43.9 Å². The molecule has 0 atom stereocenters. The molecule has 0 saturated carbocycles. The third-order valence-electron chi connectivity index (χ3n) is 2.61. The highest BCUT2D eigenvalue weighted by Gasteiger charge is 2.39. The van der Waals surface area contributed by atoms with Gasteiger partial charge in [-0.15, -0.1) is 0 Å². The van der Waals surface area contributed by atoms with Gasteiger partial charge in [-0.05, 0) is 13.8 Å². The van der Waals surface area contributed by atoms with Gasteiger partial charge in [0.2, 0.25) is 0 Å². The summed E-state index contributed by atoms with van der Waals surface area (Å²) in [4.78, 5) is 8.28. The average molecular weight is 175 g/mol. The molecule has 3 rings (SSSR count). The first-order chi connectivity index (χ1) is 6.21. The Morgan fingerprint density at radius 3 is 3.15 bits per heavy atom. The minimum Gasteiger partial charge on any atom is -0.445 e. The SMILES string of the molecule is CC1(C)c2ocnc2-c2cncn21. The van der Waals surface area contributed by atoms with Crippen molar-refractivity contribution in [1.82, 2.24) is 14.5 Å². The quantitative estimate of drug-likeness (QED) is 0.611. The molecule has 0 bridgehead atoms. The van der Waals surface area contributed by atoms with Crippen molar-refractivity contribution in [3.05, 3.63) is 24.7 Å². The smallest absolute Gasteiger partial charge is 0.181 e. The minimum absolute atomic E-state index is 0.155. The predicted molar refractivity (Wildman–Crippen MR) is 46.1 cm³/mol. The third-order valence-corrected chi connectivity index (χ3v) is 2.61. The lowest BCUT2D eigenvalue weighted by Crippen LogP contribution is -2.22. The maximum atomic E-state index is 5.37. The van der Waals surface area contributed by atoms with Crippen molar-refractivity contribution in [2.45, 2.75) is 19.4 Å². The van der Waals surface area contributed by atoms with Crippen LogP contribution < -0.4 is 0 Å². The average Bonchev–Trinajstić information content (AvgIpc) is 2.74. The van der Waals surface area contributed by atoms with E-state index in [-0.39, 0.29) is 5.54 Å². The maximum absolute atomic E-state index is 5.37. The van der Waals surface area contributed by atoms with Gasteiger partial charge in [0.05, 0.1) is 18.2 Å². The molecule has 0 aliphatic carbocycles. The van der Waals surface area contributed by atoms with Gasteiger partial charge < -0.3 is 8.98 Å². The zero-order valence-electron chi connectivity index (χ0n) is 7.48. The van der Waals surface area contributed by atoms with E-state index in [1.165, 1.54) is 6.39 Å². The van der Waals surface area contributed by atoms with Gasteiger partial charge in [-0.2, -0.15) is 0 Å². The van der Waals surface area contributed by atoms with E-state index in [0.717, 1.165) is 17.1 Å². The number of fused-ring (bicyclic) bond motifs is 3. The van der Waals surface area contributed by atoms with Crippen molar-refractivity contribution in [2.75, 3.05) is 0 Å². The predicted octanol–water partition coefficient (Wildman–Crippen LogP) is 1.63. The van der Waals surface area contributed by atoms with E-state index in [0.29, 0.717) is 0 Å². The summed E-state index contributed by atoms with van der Waals surface area (Å²) >= 11 is 0. The lowest BCUT2D eigenvalue weighted by atomic mass is 10.0. The minimum atomic E-state index is -0.155. The summed E-state index contributed by atoms with van der Waals surface area (Å²) in [5.74, 6) is 0.921. The molecule has 0 saturated heterocycles. The van der Waals surface area contributed by atoms with Crippen molar-refractivity contribution in [3.63, 3.8) is 0 Å². The Hall–Kier alpha value is -1.58. The summed E-state index contributed by atoms with van der Waals surface area (Å²) in [5, 5.41) is 0. The van der Waals surface area contributed by atoms with Crippen molar-refractivity contribution in [2.24, 2.45) is 0 Å². The molecule has 3 heterocycles. The Kier molecular flexibility index (Phi) is 0.974. The van der Waals surface area contributed by atoms with Crippen LogP contribution in [0.15, 0.2) is 23.3 Å². The van der Waals surface area contributed by atoms with Crippen LogP contribution in [-0.4, -0.2) is 14.5 Å². The van der Waals surface area contributed by atoms with Gasteiger partial charge in [0, 0.05) is 0 Å². The monoisotopic (exact) mass is 175 g/mol. The van der Waals surface area contributed by atoms with Gasteiger partial charge in [0.15, 0.2) is 12.2 Å². The highest BCUT2D eigenvalue weighted by molar-refractivity contribution is 5.63. The Morgan fingerprint density at radius 1 is 1.46 bits per heavy atom. The second-order valence-electron chi connectivity index (χ2n) is 3.74. The fourth-order valence-electron chi connectivity index (χ4n) is 1.89. The molecule has 0 unspecified atom stereocenters. The molecule has 0 amide bonds. The molecular weight excluding hydrogens is 166 g/mol. The van der Waals surface area contributed by atoms with Gasteiger partial charge in [0.1, 0.15) is 11.2 Å². The van der Waals surface area contributed by atoms with E-state index in [4.69, 9.17) is 4.42 Å². The second-order valence-corrected chi connectivity index (χ2v) is 3.74. The Morgan fingerprint density at radius 2 is 2.31 bits per heavy atom. The van der Waals surface area contributed by atoms with Gasteiger partial charge >= 0.3 is 0 Å². The number of hydrogen-bond acceptors (Lipinski definition) is 3. The standard InChI is InChI=1S/C9H9N3O/c1-9(2)8-7(11-5-13-8)6-3-10-4-12(6)9/h3-5H,1-2H3. The molecule has 4 nitrogen and oxygen atoms in total. The highest BCUT2D eigenvalue weighted by Crippen LogP contribution is 2.41. The van der Waals surface area contributed by atoms with E-state index in [2.05, 4.69) is 28.4 Å². The zero-order chi connectivity index (χ0) is 9.05. The number of hydrogen-bond donors (Lipinski definition) is 0. The lowest BCUT2D eigenvalue weighted by molar-refractivity contribution is 0.353. The van der Waals surface area contributed by atoms with Crippen molar-refractivity contribution < 1.29 is 4.42 Å². The first-order valence-corrected chi connectivity index (χ1v) is 4.18. The number of oxazole rings is 1. The first kappa shape index (κ1) is 6.88. The van der Waals surface area contributed by atoms with Crippen molar-refractivity contribution in [1.29, 1.82) is 0 Å². The van der Waals surface area contributed by atoms with E-state index in [1.807, 2.05) is 12.5 Å². The van der Waals surface area contributed by atoms with Crippen LogP contribution in [0.4, 0.5) is 0 Å². The normalized spacial score (nSPS) is 17.1. The van der Waals surface area contributed by atoms with Crippen LogP contribution in [-0.2, 0) is 5.54 Å². The largest absolute Gasteiger partial charge is 0.445 e. The number of rotatable bonds is 0. The summed E-state index contributed by atoms with van der Waals surface area (Å²) in [6.07, 6.45) is 5.12. The molecule has 0 radical (unpaired) electrons. The molecular formula is C9H9N3O. The Balaban J connectivity index is 2.44. The molecule has 0 aromatic carbocycles. The Labute approximate surface area is 75.2 Å². The highest BCUT2D eigenvalue weighted by atomic mass is 16.3. The van der Waals surface area contributed by atoms with Crippen LogP contribution >= 0.6 is 0 Å². The van der Waals surface area contributed by atoms with Crippen molar-refractivity contribution >= 4 is 0 Å². The summed E-state index contributed by atoms with van der Waals surface area (Å²) in [6, 6.07) is 0. The van der Waals surface area contributed by atoms with E-state index in [1.54, 1.807) is 0 Å². The van der Waals surface area contributed by atoms with Crippen LogP contribution in [0.5, 0.6) is 0 Å². The number of aromatic nitrogens is 3. The fourth-order valence-corrected chi connectivity index (χ4v) is 1.89. The van der Waals surface area contributed by atoms with E-state index >= 15 is 0 Å². The molecule has 2 aromatic heterocycles. The molecule has 13 heavy (non-hydrogen) atoms. The van der Waals surface area contributed by atoms with Crippen LogP contribution in [0, 0.1) is 0 Å².